The van der Waals surface area contributed by atoms with Crippen LogP contribution in [0.1, 0.15) is 41.0 Å². The number of carbonyl (C=O) groups is 1. The average Bonchev–Trinajstić information content (AvgIpc) is 2.16. The lowest BCUT2D eigenvalue weighted by Crippen LogP contribution is -2.58. The van der Waals surface area contributed by atoms with Crippen molar-refractivity contribution >= 4 is 5.78 Å². The summed E-state index contributed by atoms with van der Waals surface area (Å²) in [6.07, 6.45) is -4.18. The maximum Gasteiger partial charge on any atom is 0.393 e. The van der Waals surface area contributed by atoms with Gasteiger partial charge in [0.1, 0.15) is 0 Å². The standard InChI is InChI=1S/C13H22F3NO/c1-7-6-9(13(14,15)16)8(2)17-10(7)11(18)12(3,4)5/h7-10,17H,6H2,1-5H3. The quantitative estimate of drug-likeness (QED) is 0.789. The van der Waals surface area contributed by atoms with E-state index in [1.165, 1.54) is 6.92 Å². The number of piperidine rings is 1. The Morgan fingerprint density at radius 2 is 1.67 bits per heavy atom. The van der Waals surface area contributed by atoms with E-state index in [1.54, 1.807) is 27.7 Å². The molecule has 0 aromatic heterocycles. The van der Waals surface area contributed by atoms with Gasteiger partial charge in [-0.25, -0.2) is 0 Å². The molecule has 0 spiro atoms. The SMILES string of the molecule is CC1CC(C(F)(F)F)C(C)NC1C(=O)C(C)(C)C. The third-order valence-corrected chi connectivity index (χ3v) is 3.68. The molecule has 5 heteroatoms. The van der Waals surface area contributed by atoms with Crippen LogP contribution in [0.5, 0.6) is 0 Å². The summed E-state index contributed by atoms with van der Waals surface area (Å²) >= 11 is 0. The Bertz CT molecular complexity index is 319. The van der Waals surface area contributed by atoms with Crippen molar-refractivity contribution in [2.24, 2.45) is 17.3 Å². The molecule has 0 aromatic carbocycles. The fourth-order valence-electron chi connectivity index (χ4n) is 2.52. The van der Waals surface area contributed by atoms with Crippen molar-refractivity contribution in [3.63, 3.8) is 0 Å². The topological polar surface area (TPSA) is 29.1 Å². The highest BCUT2D eigenvalue weighted by Gasteiger charge is 2.49. The van der Waals surface area contributed by atoms with E-state index in [4.69, 9.17) is 0 Å². The first-order chi connectivity index (χ1) is 7.94. The van der Waals surface area contributed by atoms with E-state index in [-0.39, 0.29) is 18.1 Å². The van der Waals surface area contributed by atoms with E-state index in [2.05, 4.69) is 5.32 Å². The zero-order valence-corrected chi connectivity index (χ0v) is 11.6. The van der Waals surface area contributed by atoms with Gasteiger partial charge in [-0.3, -0.25) is 4.79 Å². The monoisotopic (exact) mass is 265 g/mol. The minimum Gasteiger partial charge on any atom is -0.304 e. The largest absolute Gasteiger partial charge is 0.393 e. The van der Waals surface area contributed by atoms with E-state index < -0.39 is 29.6 Å². The minimum absolute atomic E-state index is 0.0116. The van der Waals surface area contributed by atoms with Crippen LogP contribution in [0.25, 0.3) is 0 Å². The number of rotatable bonds is 1. The van der Waals surface area contributed by atoms with Gasteiger partial charge in [0.2, 0.25) is 0 Å². The molecule has 1 rings (SSSR count). The first-order valence-electron chi connectivity index (χ1n) is 6.31. The lowest BCUT2D eigenvalue weighted by atomic mass is 9.74. The molecule has 0 aliphatic carbocycles. The van der Waals surface area contributed by atoms with Gasteiger partial charge in [-0.05, 0) is 19.3 Å². The number of nitrogens with one attached hydrogen (secondary N) is 1. The molecule has 0 amide bonds. The van der Waals surface area contributed by atoms with E-state index in [9.17, 15) is 18.0 Å². The van der Waals surface area contributed by atoms with Gasteiger partial charge in [0, 0.05) is 11.5 Å². The maximum absolute atomic E-state index is 12.8. The van der Waals surface area contributed by atoms with Gasteiger partial charge in [0.25, 0.3) is 0 Å². The number of hydrogen-bond acceptors (Lipinski definition) is 2. The molecule has 1 aliphatic heterocycles. The number of carbonyl (C=O) groups excluding carboxylic acids is 1. The summed E-state index contributed by atoms with van der Waals surface area (Å²) < 4.78 is 38.4. The molecule has 0 aromatic rings. The third kappa shape index (κ3) is 3.25. The van der Waals surface area contributed by atoms with Crippen molar-refractivity contribution < 1.29 is 18.0 Å². The smallest absolute Gasteiger partial charge is 0.304 e. The fraction of sp³-hybridized carbons (Fsp3) is 0.923. The van der Waals surface area contributed by atoms with Crippen LogP contribution in [0, 0.1) is 17.3 Å². The van der Waals surface area contributed by atoms with Crippen LogP contribution in [0.2, 0.25) is 0 Å². The molecule has 4 unspecified atom stereocenters. The predicted molar refractivity (Wildman–Crippen MR) is 64.2 cm³/mol. The molecule has 4 atom stereocenters. The second-order valence-corrected chi connectivity index (χ2v) is 6.41. The number of alkyl halides is 3. The summed E-state index contributed by atoms with van der Waals surface area (Å²) in [5.41, 5.74) is -0.531. The van der Waals surface area contributed by atoms with E-state index in [1.807, 2.05) is 0 Å². The van der Waals surface area contributed by atoms with Gasteiger partial charge in [0.05, 0.1) is 12.0 Å². The van der Waals surface area contributed by atoms with Crippen molar-refractivity contribution in [2.75, 3.05) is 0 Å². The summed E-state index contributed by atoms with van der Waals surface area (Å²) in [6.45, 7) is 8.61. The molecule has 1 heterocycles. The second kappa shape index (κ2) is 4.83. The molecule has 18 heavy (non-hydrogen) atoms. The van der Waals surface area contributed by atoms with Gasteiger partial charge in [-0.2, -0.15) is 13.2 Å². The lowest BCUT2D eigenvalue weighted by molar-refractivity contribution is -0.194. The van der Waals surface area contributed by atoms with Crippen LogP contribution in [-0.2, 0) is 4.79 Å². The van der Waals surface area contributed by atoms with Gasteiger partial charge in [0.15, 0.2) is 5.78 Å². The summed E-state index contributed by atoms with van der Waals surface area (Å²) in [7, 11) is 0. The van der Waals surface area contributed by atoms with Crippen molar-refractivity contribution in [3.05, 3.63) is 0 Å². The Balaban J connectivity index is 2.84. The summed E-state index contributed by atoms with van der Waals surface area (Å²) in [4.78, 5) is 12.2. The average molecular weight is 265 g/mol. The number of hydrogen-bond donors (Lipinski definition) is 1. The van der Waals surface area contributed by atoms with Crippen LogP contribution >= 0.6 is 0 Å². The first kappa shape index (κ1) is 15.5. The van der Waals surface area contributed by atoms with Crippen LogP contribution in [-0.4, -0.2) is 24.0 Å². The molecule has 106 valence electrons. The van der Waals surface area contributed by atoms with Gasteiger partial charge in [-0.15, -0.1) is 0 Å². The molecule has 0 radical (unpaired) electrons. The van der Waals surface area contributed by atoms with Crippen molar-refractivity contribution in [2.45, 2.75) is 59.3 Å². The molecule has 1 saturated heterocycles. The molecule has 1 N–H and O–H groups in total. The number of halogens is 3. The first-order valence-corrected chi connectivity index (χ1v) is 6.31. The lowest BCUT2D eigenvalue weighted by Gasteiger charge is -2.41. The highest BCUT2D eigenvalue weighted by atomic mass is 19.4. The predicted octanol–water partition coefficient (Wildman–Crippen LogP) is 3.17. The normalized spacial score (nSPS) is 34.4. The Hall–Kier alpha value is -0.580. The Kier molecular flexibility index (Phi) is 4.16. The zero-order valence-electron chi connectivity index (χ0n) is 11.6. The molecule has 1 fully saturated rings. The molecule has 0 saturated carbocycles. The highest BCUT2D eigenvalue weighted by Crippen LogP contribution is 2.38. The van der Waals surface area contributed by atoms with Gasteiger partial charge >= 0.3 is 6.18 Å². The van der Waals surface area contributed by atoms with Gasteiger partial charge < -0.3 is 5.32 Å². The molecule has 0 bridgehead atoms. The molecular formula is C13H22F3NO. The van der Waals surface area contributed by atoms with Crippen LogP contribution in [0.4, 0.5) is 13.2 Å². The molecule has 2 nitrogen and oxygen atoms in total. The summed E-state index contributed by atoms with van der Waals surface area (Å²) in [5.74, 6) is -1.67. The zero-order chi connectivity index (χ0) is 14.3. The van der Waals surface area contributed by atoms with Crippen molar-refractivity contribution in [1.82, 2.24) is 5.32 Å². The minimum atomic E-state index is -4.20. The highest BCUT2D eigenvalue weighted by molar-refractivity contribution is 5.89. The Labute approximate surface area is 106 Å². The van der Waals surface area contributed by atoms with Gasteiger partial charge in [-0.1, -0.05) is 27.7 Å². The Morgan fingerprint density at radius 1 is 1.17 bits per heavy atom. The van der Waals surface area contributed by atoms with Crippen molar-refractivity contribution in [3.8, 4) is 0 Å². The Morgan fingerprint density at radius 3 is 2.06 bits per heavy atom. The summed E-state index contributed by atoms with van der Waals surface area (Å²) in [6, 6.07) is -1.18. The maximum atomic E-state index is 12.8. The third-order valence-electron chi connectivity index (χ3n) is 3.68. The van der Waals surface area contributed by atoms with Crippen molar-refractivity contribution in [1.29, 1.82) is 0 Å². The van der Waals surface area contributed by atoms with E-state index in [0.717, 1.165) is 0 Å². The summed E-state index contributed by atoms with van der Waals surface area (Å²) in [5, 5.41) is 2.86. The fourth-order valence-corrected chi connectivity index (χ4v) is 2.52. The molecular weight excluding hydrogens is 243 g/mol. The van der Waals surface area contributed by atoms with Crippen LogP contribution < -0.4 is 5.32 Å². The number of Topliss-reactive ketones (excluding diaryl/α,β-unsaturated/α-hetero) is 1. The number of ketones is 1. The van der Waals surface area contributed by atoms with Crippen LogP contribution in [0.15, 0.2) is 0 Å². The van der Waals surface area contributed by atoms with Crippen LogP contribution in [0.3, 0.4) is 0 Å². The molecule has 1 aliphatic rings. The van der Waals surface area contributed by atoms with E-state index >= 15 is 0 Å². The second-order valence-electron chi connectivity index (χ2n) is 6.41. The van der Waals surface area contributed by atoms with E-state index in [0.29, 0.717) is 0 Å².